The third-order valence-electron chi connectivity index (χ3n) is 2.98. The molecule has 2 aliphatic heterocycles. The summed E-state index contributed by atoms with van der Waals surface area (Å²) in [6.07, 6.45) is 3.60. The Balaban J connectivity index is 2.08. The Morgan fingerprint density at radius 2 is 1.87 bits per heavy atom. The number of amidine groups is 2. The quantitative estimate of drug-likeness (QED) is 0.599. The Morgan fingerprint density at radius 1 is 1.20 bits per heavy atom. The zero-order valence-corrected chi connectivity index (χ0v) is 9.90. The van der Waals surface area contributed by atoms with Gasteiger partial charge in [-0.15, -0.1) is 0 Å². The molecule has 1 atom stereocenters. The van der Waals surface area contributed by atoms with Gasteiger partial charge < -0.3 is 9.80 Å². The van der Waals surface area contributed by atoms with E-state index in [1.807, 2.05) is 0 Å². The van der Waals surface area contributed by atoms with Gasteiger partial charge in [-0.25, -0.2) is 9.98 Å². The topological polar surface area (TPSA) is 31.2 Å². The van der Waals surface area contributed by atoms with Gasteiger partial charge in [0.15, 0.2) is 0 Å². The number of aliphatic imine (C=N–C) groups is 2. The molecule has 0 aromatic heterocycles. The maximum Gasteiger partial charge on any atom is 0.140 e. The number of rotatable bonds is 0. The summed E-state index contributed by atoms with van der Waals surface area (Å²) in [5.41, 5.74) is 0. The fourth-order valence-corrected chi connectivity index (χ4v) is 2.14. The zero-order chi connectivity index (χ0) is 10.8. The van der Waals surface area contributed by atoms with Crippen molar-refractivity contribution in [2.75, 3.05) is 27.2 Å². The highest BCUT2D eigenvalue weighted by Crippen LogP contribution is 2.15. The molecule has 0 aromatic rings. The monoisotopic (exact) mass is 208 g/mol. The van der Waals surface area contributed by atoms with Gasteiger partial charge in [-0.3, -0.25) is 0 Å². The third-order valence-corrected chi connectivity index (χ3v) is 2.98. The fraction of sp³-hybridized carbons (Fsp3) is 0.818. The van der Waals surface area contributed by atoms with Crippen molar-refractivity contribution in [3.8, 4) is 0 Å². The summed E-state index contributed by atoms with van der Waals surface area (Å²) in [4.78, 5) is 13.7. The molecular formula is C11H20N4. The van der Waals surface area contributed by atoms with Crippen LogP contribution in [0.1, 0.15) is 26.2 Å². The van der Waals surface area contributed by atoms with Crippen molar-refractivity contribution in [3.05, 3.63) is 0 Å². The molecule has 0 radical (unpaired) electrons. The van der Waals surface area contributed by atoms with Crippen LogP contribution < -0.4 is 0 Å². The molecular weight excluding hydrogens is 188 g/mol. The molecule has 0 N–H and O–H groups in total. The van der Waals surface area contributed by atoms with E-state index < -0.39 is 0 Å². The van der Waals surface area contributed by atoms with Crippen LogP contribution in [-0.2, 0) is 0 Å². The second-order valence-corrected chi connectivity index (χ2v) is 4.49. The molecule has 4 heteroatoms. The first kappa shape index (κ1) is 10.5. The minimum Gasteiger partial charge on any atom is -0.366 e. The molecule has 4 nitrogen and oxygen atoms in total. The summed E-state index contributed by atoms with van der Waals surface area (Å²) >= 11 is 0. The number of hydrogen-bond acceptors (Lipinski definition) is 4. The second-order valence-electron chi connectivity index (χ2n) is 4.49. The van der Waals surface area contributed by atoms with E-state index in [-0.39, 0.29) is 6.17 Å². The van der Waals surface area contributed by atoms with Crippen molar-refractivity contribution in [1.29, 1.82) is 0 Å². The summed E-state index contributed by atoms with van der Waals surface area (Å²) in [6.45, 7) is 4.40. The molecule has 1 saturated heterocycles. The Kier molecular flexibility index (Phi) is 2.93. The van der Waals surface area contributed by atoms with E-state index in [2.05, 4.69) is 40.8 Å². The highest BCUT2D eigenvalue weighted by molar-refractivity contribution is 6.03. The predicted octanol–water partition coefficient (Wildman–Crippen LogP) is 1.19. The first-order valence-electron chi connectivity index (χ1n) is 5.72. The lowest BCUT2D eigenvalue weighted by Crippen LogP contribution is -2.37. The minimum atomic E-state index is 0.0896. The van der Waals surface area contributed by atoms with Gasteiger partial charge in [0.1, 0.15) is 17.8 Å². The molecule has 2 heterocycles. The summed E-state index contributed by atoms with van der Waals surface area (Å²) in [5.74, 6) is 2.39. The van der Waals surface area contributed by atoms with Crippen LogP contribution in [0.3, 0.4) is 0 Å². The summed E-state index contributed by atoms with van der Waals surface area (Å²) in [6, 6.07) is 0. The Bertz CT molecular complexity index is 287. The minimum absolute atomic E-state index is 0.0896. The SMILES string of the molecule is CC1N=C(N(C)C)CC(N2CCCC2)=N1. The molecule has 2 rings (SSSR count). The van der Waals surface area contributed by atoms with Gasteiger partial charge >= 0.3 is 0 Å². The number of likely N-dealkylation sites (tertiary alicyclic amines) is 1. The van der Waals surface area contributed by atoms with Crippen LogP contribution in [0.4, 0.5) is 0 Å². The first-order valence-corrected chi connectivity index (χ1v) is 5.72. The largest absolute Gasteiger partial charge is 0.366 e. The van der Waals surface area contributed by atoms with Crippen molar-refractivity contribution in [3.63, 3.8) is 0 Å². The van der Waals surface area contributed by atoms with Gasteiger partial charge in [-0.05, 0) is 19.8 Å². The Labute approximate surface area is 91.7 Å². The molecule has 84 valence electrons. The average molecular weight is 208 g/mol. The second kappa shape index (κ2) is 4.21. The smallest absolute Gasteiger partial charge is 0.140 e. The lowest BCUT2D eigenvalue weighted by molar-refractivity contribution is 0.494. The van der Waals surface area contributed by atoms with Crippen molar-refractivity contribution in [1.82, 2.24) is 9.80 Å². The Morgan fingerprint density at radius 3 is 2.47 bits per heavy atom. The highest BCUT2D eigenvalue weighted by Gasteiger charge is 2.22. The molecule has 0 spiro atoms. The third kappa shape index (κ3) is 2.30. The van der Waals surface area contributed by atoms with Crippen molar-refractivity contribution in [2.45, 2.75) is 32.4 Å². The molecule has 0 aromatic carbocycles. The van der Waals surface area contributed by atoms with Crippen LogP contribution in [0.15, 0.2) is 9.98 Å². The van der Waals surface area contributed by atoms with E-state index in [1.165, 1.54) is 31.8 Å². The molecule has 0 saturated carbocycles. The Hall–Kier alpha value is -1.06. The zero-order valence-electron chi connectivity index (χ0n) is 9.90. The van der Waals surface area contributed by atoms with Gasteiger partial charge in [-0.1, -0.05) is 0 Å². The molecule has 0 amide bonds. The van der Waals surface area contributed by atoms with E-state index in [1.54, 1.807) is 0 Å². The van der Waals surface area contributed by atoms with Gasteiger partial charge in [0, 0.05) is 27.2 Å². The summed E-state index contributed by atoms with van der Waals surface area (Å²) in [5, 5.41) is 0. The molecule has 1 unspecified atom stereocenters. The average Bonchev–Trinajstić information content (AvgIpc) is 2.69. The predicted molar refractivity (Wildman–Crippen MR) is 63.4 cm³/mol. The first-order chi connectivity index (χ1) is 7.16. The van der Waals surface area contributed by atoms with E-state index in [0.717, 1.165) is 12.3 Å². The lowest BCUT2D eigenvalue weighted by Gasteiger charge is -2.27. The van der Waals surface area contributed by atoms with E-state index in [0.29, 0.717) is 0 Å². The van der Waals surface area contributed by atoms with Crippen LogP contribution in [0.25, 0.3) is 0 Å². The molecule has 0 aliphatic carbocycles. The van der Waals surface area contributed by atoms with Crippen LogP contribution in [0.5, 0.6) is 0 Å². The van der Waals surface area contributed by atoms with E-state index >= 15 is 0 Å². The molecule has 1 fully saturated rings. The van der Waals surface area contributed by atoms with Crippen molar-refractivity contribution in [2.24, 2.45) is 9.98 Å². The van der Waals surface area contributed by atoms with Crippen LogP contribution in [0, 0.1) is 0 Å². The fourth-order valence-electron chi connectivity index (χ4n) is 2.14. The van der Waals surface area contributed by atoms with Crippen LogP contribution >= 0.6 is 0 Å². The maximum absolute atomic E-state index is 4.63. The van der Waals surface area contributed by atoms with Gasteiger partial charge in [-0.2, -0.15) is 0 Å². The molecule has 15 heavy (non-hydrogen) atoms. The van der Waals surface area contributed by atoms with E-state index in [4.69, 9.17) is 0 Å². The standard InChI is InChI=1S/C11H20N4/c1-9-12-10(14(2)3)8-11(13-9)15-6-4-5-7-15/h9H,4-8H2,1-3H3. The molecule has 0 bridgehead atoms. The number of nitrogens with zero attached hydrogens (tertiary/aromatic N) is 4. The highest BCUT2D eigenvalue weighted by atomic mass is 15.3. The maximum atomic E-state index is 4.63. The van der Waals surface area contributed by atoms with Gasteiger partial charge in [0.05, 0.1) is 6.42 Å². The molecule has 2 aliphatic rings. The van der Waals surface area contributed by atoms with Crippen molar-refractivity contribution >= 4 is 11.7 Å². The van der Waals surface area contributed by atoms with E-state index in [9.17, 15) is 0 Å². The van der Waals surface area contributed by atoms with Crippen LogP contribution in [-0.4, -0.2) is 54.8 Å². The van der Waals surface area contributed by atoms with Crippen molar-refractivity contribution < 1.29 is 0 Å². The van der Waals surface area contributed by atoms with Gasteiger partial charge in [0.2, 0.25) is 0 Å². The number of hydrogen-bond donors (Lipinski definition) is 0. The summed E-state index contributed by atoms with van der Waals surface area (Å²) < 4.78 is 0. The van der Waals surface area contributed by atoms with Gasteiger partial charge in [0.25, 0.3) is 0 Å². The normalized spacial score (nSPS) is 26.3. The lowest BCUT2D eigenvalue weighted by atomic mass is 10.2. The van der Waals surface area contributed by atoms with Crippen LogP contribution in [0.2, 0.25) is 0 Å². The summed E-state index contributed by atoms with van der Waals surface area (Å²) in [7, 11) is 4.11.